The SMILES string of the molecule is CCc1cccc(C(C)(C)CC(O)(CC23C=C4C=CC(=N4)C=c4ccc([nH]4)=CC4=NC(=CC(=CC2)N3)C=C4)C(F)(F)F)c1OC. The molecule has 4 aliphatic heterocycles. The molecule has 2 aromatic rings. The standard InChI is InChI=1S/C36H37F3N4O2/c1-5-23-7-6-8-31(32(23)45-4)33(2,3)21-35(44,36(37,38)39)22-34-16-15-29(43-34)19-28-12-11-25(41-28)17-24-9-10-26(40-24)18-27-13-14-30(20-34)42-27/h6-15,17-20,40,43-44H,5,16,21-22H2,1-4H3. The Morgan fingerprint density at radius 1 is 0.933 bits per heavy atom. The summed E-state index contributed by atoms with van der Waals surface area (Å²) in [5.74, 6) is 0.555. The second-order valence-electron chi connectivity index (χ2n) is 12.8. The number of rotatable bonds is 7. The highest BCUT2D eigenvalue weighted by molar-refractivity contribution is 6.20. The number of H-pyrrole nitrogens is 1. The van der Waals surface area contributed by atoms with Crippen LogP contribution in [0, 0.1) is 0 Å². The van der Waals surface area contributed by atoms with Gasteiger partial charge in [0.15, 0.2) is 5.60 Å². The molecule has 2 unspecified atom stereocenters. The Balaban J connectivity index is 1.42. The van der Waals surface area contributed by atoms with Crippen molar-refractivity contribution in [3.05, 3.63) is 112 Å². The fraction of sp³-hybridized carbons (Fsp3) is 0.333. The fourth-order valence-electron chi connectivity index (χ4n) is 6.76. The lowest BCUT2D eigenvalue weighted by Gasteiger charge is -2.43. The number of nitrogens with zero attached hydrogens (tertiary/aromatic N) is 2. The van der Waals surface area contributed by atoms with Crippen molar-refractivity contribution in [3.63, 3.8) is 0 Å². The van der Waals surface area contributed by atoms with Gasteiger partial charge in [-0.3, -0.25) is 0 Å². The summed E-state index contributed by atoms with van der Waals surface area (Å²) in [6, 6.07) is 9.40. The lowest BCUT2D eigenvalue weighted by molar-refractivity contribution is -0.272. The molecule has 1 aromatic heterocycles. The number of aryl methyl sites for hydroxylation is 1. The average molecular weight is 615 g/mol. The maximum Gasteiger partial charge on any atom is 0.417 e. The number of halogens is 3. The summed E-state index contributed by atoms with van der Waals surface area (Å²) in [7, 11) is 1.53. The number of aromatic nitrogens is 1. The molecular formula is C36H37F3N4O2. The first-order valence-electron chi connectivity index (χ1n) is 15.1. The molecule has 0 radical (unpaired) electrons. The van der Waals surface area contributed by atoms with E-state index in [1.807, 2.05) is 73.7 Å². The molecule has 0 fully saturated rings. The number of fused-ring (bicyclic) bond motifs is 6. The number of hydrogen-bond donors (Lipinski definition) is 3. The number of ether oxygens (including phenoxy) is 1. The summed E-state index contributed by atoms with van der Waals surface area (Å²) in [6.45, 7) is 5.42. The van der Waals surface area contributed by atoms with Gasteiger partial charge in [-0.15, -0.1) is 0 Å². The van der Waals surface area contributed by atoms with E-state index in [-0.39, 0.29) is 6.42 Å². The number of methoxy groups -OCH3 is 1. The number of hydrogen-bond acceptors (Lipinski definition) is 5. The molecule has 4 aliphatic rings. The number of nitrogens with one attached hydrogen (secondary N) is 2. The van der Waals surface area contributed by atoms with Gasteiger partial charge >= 0.3 is 6.18 Å². The predicted octanol–water partition coefficient (Wildman–Crippen LogP) is 5.62. The van der Waals surface area contributed by atoms with E-state index >= 15 is 13.2 Å². The molecule has 234 valence electrons. The van der Waals surface area contributed by atoms with Crippen LogP contribution in [0.3, 0.4) is 0 Å². The van der Waals surface area contributed by atoms with Gasteiger partial charge in [0.1, 0.15) is 5.75 Å². The van der Waals surface area contributed by atoms with Crippen molar-refractivity contribution < 1.29 is 23.0 Å². The van der Waals surface area contributed by atoms with Gasteiger partial charge in [-0.25, -0.2) is 9.98 Å². The third kappa shape index (κ3) is 6.14. The Morgan fingerprint density at radius 2 is 1.60 bits per heavy atom. The van der Waals surface area contributed by atoms with Crippen LogP contribution in [0.25, 0.3) is 12.2 Å². The topological polar surface area (TPSA) is 82.0 Å². The van der Waals surface area contributed by atoms with Crippen LogP contribution in [0.15, 0.2) is 99.9 Å². The van der Waals surface area contributed by atoms with Gasteiger partial charge < -0.3 is 20.1 Å². The van der Waals surface area contributed by atoms with E-state index < -0.39 is 35.6 Å². The predicted molar refractivity (Wildman–Crippen MR) is 172 cm³/mol. The molecule has 0 spiro atoms. The molecule has 45 heavy (non-hydrogen) atoms. The summed E-state index contributed by atoms with van der Waals surface area (Å²) in [5.41, 5.74) is -0.660. The summed E-state index contributed by atoms with van der Waals surface area (Å²) in [6.07, 6.45) is 11.3. The summed E-state index contributed by atoms with van der Waals surface area (Å²) >= 11 is 0. The minimum atomic E-state index is -4.92. The molecule has 3 N–H and O–H groups in total. The van der Waals surface area contributed by atoms with E-state index in [9.17, 15) is 5.11 Å². The third-order valence-corrected chi connectivity index (χ3v) is 8.79. The van der Waals surface area contributed by atoms with E-state index in [1.54, 1.807) is 32.1 Å². The van der Waals surface area contributed by atoms with Gasteiger partial charge in [-0.1, -0.05) is 45.0 Å². The van der Waals surface area contributed by atoms with Crippen molar-refractivity contribution in [3.8, 4) is 5.75 Å². The van der Waals surface area contributed by atoms with Gasteiger partial charge in [-0.05, 0) is 91.0 Å². The Bertz CT molecular complexity index is 1870. The number of para-hydroxylation sites is 1. The zero-order valence-corrected chi connectivity index (χ0v) is 25.8. The van der Waals surface area contributed by atoms with Gasteiger partial charge in [0, 0.05) is 28.4 Å². The first-order valence-corrected chi connectivity index (χ1v) is 15.1. The van der Waals surface area contributed by atoms with Crippen LogP contribution >= 0.6 is 0 Å². The van der Waals surface area contributed by atoms with Crippen LogP contribution in [0.2, 0.25) is 0 Å². The molecule has 2 atom stereocenters. The highest BCUT2D eigenvalue weighted by atomic mass is 19.4. The molecule has 8 bridgehead atoms. The Kier molecular flexibility index (Phi) is 7.64. The van der Waals surface area contributed by atoms with Crippen molar-refractivity contribution in [2.75, 3.05) is 7.11 Å². The van der Waals surface area contributed by atoms with Crippen molar-refractivity contribution in [2.45, 2.75) is 69.2 Å². The minimum absolute atomic E-state index is 0.220. The van der Waals surface area contributed by atoms with E-state index in [4.69, 9.17) is 9.73 Å². The quantitative estimate of drug-likeness (QED) is 0.379. The maximum absolute atomic E-state index is 15.1. The molecule has 9 heteroatoms. The monoisotopic (exact) mass is 614 g/mol. The molecule has 0 saturated carbocycles. The molecule has 6 nitrogen and oxygen atoms in total. The van der Waals surface area contributed by atoms with E-state index in [0.29, 0.717) is 40.5 Å². The van der Waals surface area contributed by atoms with Gasteiger partial charge in [0.05, 0.1) is 35.5 Å². The van der Waals surface area contributed by atoms with Crippen molar-refractivity contribution in [1.82, 2.24) is 10.3 Å². The van der Waals surface area contributed by atoms with E-state index in [0.717, 1.165) is 22.0 Å². The molecule has 0 saturated heterocycles. The average Bonchev–Trinajstić information content (AvgIpc) is 3.77. The maximum atomic E-state index is 15.1. The van der Waals surface area contributed by atoms with Crippen molar-refractivity contribution >= 4 is 23.6 Å². The Labute approximate surface area is 260 Å². The van der Waals surface area contributed by atoms with E-state index in [2.05, 4.69) is 15.3 Å². The lowest BCUT2D eigenvalue weighted by Crippen LogP contribution is -2.56. The van der Waals surface area contributed by atoms with Crippen LogP contribution in [0.1, 0.15) is 51.2 Å². The molecule has 5 heterocycles. The second kappa shape index (κ2) is 11.2. The Morgan fingerprint density at radius 3 is 2.24 bits per heavy atom. The molecule has 1 aromatic carbocycles. The van der Waals surface area contributed by atoms with Crippen molar-refractivity contribution in [1.29, 1.82) is 0 Å². The highest BCUT2D eigenvalue weighted by Gasteiger charge is 2.59. The van der Waals surface area contributed by atoms with Gasteiger partial charge in [-0.2, -0.15) is 13.2 Å². The van der Waals surface area contributed by atoms with Crippen LogP contribution in [0.5, 0.6) is 5.75 Å². The zero-order valence-electron chi connectivity index (χ0n) is 25.8. The minimum Gasteiger partial charge on any atom is -0.496 e. The molecule has 0 amide bonds. The summed E-state index contributed by atoms with van der Waals surface area (Å²) in [5, 5.41) is 16.9. The molecule has 6 rings (SSSR count). The molecular weight excluding hydrogens is 577 g/mol. The number of aromatic amines is 1. The first kappa shape index (κ1) is 30.6. The van der Waals surface area contributed by atoms with Crippen LogP contribution in [-0.2, 0) is 11.8 Å². The normalized spacial score (nSPS) is 21.9. The van der Waals surface area contributed by atoms with Crippen LogP contribution in [-0.4, -0.2) is 45.9 Å². The zero-order chi connectivity index (χ0) is 32.0. The van der Waals surface area contributed by atoms with Crippen molar-refractivity contribution in [2.24, 2.45) is 9.98 Å². The second-order valence-corrected chi connectivity index (χ2v) is 12.8. The highest BCUT2D eigenvalue weighted by Crippen LogP contribution is 2.49. The summed E-state index contributed by atoms with van der Waals surface area (Å²) in [4.78, 5) is 12.7. The number of benzene rings is 1. The fourth-order valence-corrected chi connectivity index (χ4v) is 6.76. The summed E-state index contributed by atoms with van der Waals surface area (Å²) < 4.78 is 51.1. The molecule has 0 aliphatic carbocycles. The van der Waals surface area contributed by atoms with Gasteiger partial charge in [0.2, 0.25) is 0 Å². The number of aliphatic imine (C=N–C) groups is 2. The van der Waals surface area contributed by atoms with Crippen LogP contribution < -0.4 is 20.8 Å². The smallest absolute Gasteiger partial charge is 0.417 e. The lowest BCUT2D eigenvalue weighted by atomic mass is 9.70. The third-order valence-electron chi connectivity index (χ3n) is 8.79. The van der Waals surface area contributed by atoms with E-state index in [1.165, 1.54) is 7.11 Å². The number of aliphatic hydroxyl groups is 1. The van der Waals surface area contributed by atoms with Crippen LogP contribution in [0.4, 0.5) is 13.2 Å². The largest absolute Gasteiger partial charge is 0.496 e. The number of alkyl halides is 3. The number of allylic oxidation sites excluding steroid dienone is 5. The first-order chi connectivity index (χ1) is 21.3. The van der Waals surface area contributed by atoms with Gasteiger partial charge in [0.25, 0.3) is 0 Å². The Hall–Kier alpha value is -4.37.